The molecule has 0 spiro atoms. The fraction of sp³-hybridized carbons (Fsp3) is 0.786. The molecule has 1 fully saturated rings. The fourth-order valence-electron chi connectivity index (χ4n) is 2.29. The van der Waals surface area contributed by atoms with Gasteiger partial charge in [-0.1, -0.05) is 13.8 Å². The van der Waals surface area contributed by atoms with Crippen molar-refractivity contribution < 1.29 is 24.2 Å². The van der Waals surface area contributed by atoms with E-state index in [1.807, 2.05) is 13.8 Å². The van der Waals surface area contributed by atoms with Crippen molar-refractivity contribution in [2.75, 3.05) is 19.6 Å². The molecule has 1 saturated heterocycles. The lowest BCUT2D eigenvalue weighted by Crippen LogP contribution is -2.61. The van der Waals surface area contributed by atoms with Crippen molar-refractivity contribution in [1.82, 2.24) is 9.80 Å². The standard InChI is InChI=1S/C14H24N2O5/c1-9(2)11-12(19)15(8-10(17)18)6-7-16(11)13(20)21-14(3,4)5/h9,11H,6-8H2,1-5H3,(H,17,18)/t11-/m1/s1. The summed E-state index contributed by atoms with van der Waals surface area (Å²) in [6, 6.07) is -0.687. The van der Waals surface area contributed by atoms with Crippen LogP contribution in [0.4, 0.5) is 4.79 Å². The number of hydrogen-bond acceptors (Lipinski definition) is 4. The highest BCUT2D eigenvalue weighted by molar-refractivity contribution is 5.89. The summed E-state index contributed by atoms with van der Waals surface area (Å²) < 4.78 is 5.32. The van der Waals surface area contributed by atoms with Crippen LogP contribution in [-0.2, 0) is 14.3 Å². The Kier molecular flexibility index (Phi) is 5.20. The predicted octanol–water partition coefficient (Wildman–Crippen LogP) is 1.17. The number of amides is 2. The number of piperazine rings is 1. The molecule has 0 aromatic rings. The number of aliphatic carboxylic acids is 1. The molecule has 1 N–H and O–H groups in total. The number of nitrogens with zero attached hydrogens (tertiary/aromatic N) is 2. The molecule has 0 aliphatic carbocycles. The van der Waals surface area contributed by atoms with Gasteiger partial charge in [-0.05, 0) is 26.7 Å². The van der Waals surface area contributed by atoms with Crippen LogP contribution in [0.25, 0.3) is 0 Å². The molecule has 1 heterocycles. The first-order valence-electron chi connectivity index (χ1n) is 7.03. The van der Waals surface area contributed by atoms with Crippen molar-refractivity contribution in [2.24, 2.45) is 5.92 Å². The van der Waals surface area contributed by atoms with Crippen LogP contribution in [0.15, 0.2) is 0 Å². The van der Waals surface area contributed by atoms with E-state index in [1.54, 1.807) is 20.8 Å². The molecular weight excluding hydrogens is 276 g/mol. The van der Waals surface area contributed by atoms with Gasteiger partial charge in [0, 0.05) is 13.1 Å². The van der Waals surface area contributed by atoms with Crippen molar-refractivity contribution in [3.8, 4) is 0 Å². The second-order valence-corrected chi connectivity index (χ2v) is 6.52. The minimum Gasteiger partial charge on any atom is -0.480 e. The summed E-state index contributed by atoms with van der Waals surface area (Å²) in [5, 5.41) is 8.84. The summed E-state index contributed by atoms with van der Waals surface area (Å²) >= 11 is 0. The van der Waals surface area contributed by atoms with Gasteiger partial charge < -0.3 is 14.7 Å². The van der Waals surface area contributed by atoms with Crippen LogP contribution in [0, 0.1) is 5.92 Å². The van der Waals surface area contributed by atoms with E-state index in [0.717, 1.165) is 0 Å². The van der Waals surface area contributed by atoms with E-state index in [1.165, 1.54) is 9.80 Å². The van der Waals surface area contributed by atoms with E-state index in [-0.39, 0.29) is 31.5 Å². The fourth-order valence-corrected chi connectivity index (χ4v) is 2.29. The number of carboxylic acids is 1. The van der Waals surface area contributed by atoms with Crippen molar-refractivity contribution in [3.05, 3.63) is 0 Å². The van der Waals surface area contributed by atoms with Gasteiger partial charge in [0.15, 0.2) is 0 Å². The largest absolute Gasteiger partial charge is 0.480 e. The lowest BCUT2D eigenvalue weighted by molar-refractivity contribution is -0.151. The van der Waals surface area contributed by atoms with Crippen LogP contribution in [0.2, 0.25) is 0 Å². The second-order valence-electron chi connectivity index (χ2n) is 6.52. The molecule has 0 aromatic heterocycles. The zero-order valence-corrected chi connectivity index (χ0v) is 13.3. The first-order valence-corrected chi connectivity index (χ1v) is 7.03. The zero-order chi connectivity index (χ0) is 16.4. The van der Waals surface area contributed by atoms with Gasteiger partial charge in [0.05, 0.1) is 0 Å². The molecule has 7 heteroatoms. The Hall–Kier alpha value is -1.79. The van der Waals surface area contributed by atoms with Crippen LogP contribution in [0.5, 0.6) is 0 Å². The molecule has 21 heavy (non-hydrogen) atoms. The van der Waals surface area contributed by atoms with Crippen LogP contribution in [-0.4, -0.2) is 64.2 Å². The molecular formula is C14H24N2O5. The van der Waals surface area contributed by atoms with Crippen LogP contribution in [0.3, 0.4) is 0 Å². The van der Waals surface area contributed by atoms with Crippen molar-refractivity contribution in [3.63, 3.8) is 0 Å². The molecule has 0 bridgehead atoms. The number of rotatable bonds is 3. The number of carbonyl (C=O) groups excluding carboxylic acids is 2. The highest BCUT2D eigenvalue weighted by Gasteiger charge is 2.41. The average molecular weight is 300 g/mol. The third kappa shape index (κ3) is 4.61. The molecule has 0 unspecified atom stereocenters. The summed E-state index contributed by atoms with van der Waals surface area (Å²) in [6.07, 6.45) is -0.537. The smallest absolute Gasteiger partial charge is 0.411 e. The normalized spacial score (nSPS) is 19.9. The molecule has 120 valence electrons. The van der Waals surface area contributed by atoms with Crippen LogP contribution >= 0.6 is 0 Å². The number of hydrogen-bond donors (Lipinski definition) is 1. The maximum atomic E-state index is 12.4. The monoisotopic (exact) mass is 300 g/mol. The molecule has 1 rings (SSSR count). The lowest BCUT2D eigenvalue weighted by atomic mass is 9.99. The highest BCUT2D eigenvalue weighted by Crippen LogP contribution is 2.21. The Morgan fingerprint density at radius 2 is 1.90 bits per heavy atom. The van der Waals surface area contributed by atoms with Gasteiger partial charge in [0.2, 0.25) is 5.91 Å². The van der Waals surface area contributed by atoms with E-state index in [0.29, 0.717) is 0 Å². The van der Waals surface area contributed by atoms with Crippen molar-refractivity contribution in [2.45, 2.75) is 46.3 Å². The maximum absolute atomic E-state index is 12.4. The Morgan fingerprint density at radius 3 is 2.33 bits per heavy atom. The summed E-state index contributed by atoms with van der Waals surface area (Å²) in [7, 11) is 0. The minimum atomic E-state index is -1.06. The second kappa shape index (κ2) is 6.32. The maximum Gasteiger partial charge on any atom is 0.411 e. The van der Waals surface area contributed by atoms with E-state index in [2.05, 4.69) is 0 Å². The Bertz CT molecular complexity index is 428. The van der Waals surface area contributed by atoms with Gasteiger partial charge in [-0.3, -0.25) is 14.5 Å². The predicted molar refractivity (Wildman–Crippen MR) is 75.8 cm³/mol. The first-order chi connectivity index (χ1) is 9.53. The summed E-state index contributed by atoms with van der Waals surface area (Å²) in [6.45, 7) is 9.07. The molecule has 0 aromatic carbocycles. The van der Waals surface area contributed by atoms with E-state index < -0.39 is 23.7 Å². The first kappa shape index (κ1) is 17.3. The molecule has 0 radical (unpaired) electrons. The highest BCUT2D eigenvalue weighted by atomic mass is 16.6. The Labute approximate surface area is 124 Å². The van der Waals surface area contributed by atoms with Gasteiger partial charge in [-0.25, -0.2) is 4.79 Å². The summed E-state index contributed by atoms with van der Waals surface area (Å²) in [5.74, 6) is -1.53. The number of carboxylic acid groups (broad SMARTS) is 1. The third-order valence-corrected chi connectivity index (χ3v) is 3.10. The van der Waals surface area contributed by atoms with Gasteiger partial charge in [-0.15, -0.1) is 0 Å². The van der Waals surface area contributed by atoms with Gasteiger partial charge >= 0.3 is 12.1 Å². The third-order valence-electron chi connectivity index (χ3n) is 3.10. The van der Waals surface area contributed by atoms with Crippen LogP contribution in [0.1, 0.15) is 34.6 Å². The van der Waals surface area contributed by atoms with Gasteiger partial charge in [-0.2, -0.15) is 0 Å². The summed E-state index contributed by atoms with van der Waals surface area (Å²) in [5.41, 5.74) is -0.639. The van der Waals surface area contributed by atoms with Crippen molar-refractivity contribution >= 4 is 18.0 Å². The van der Waals surface area contributed by atoms with Gasteiger partial charge in [0.1, 0.15) is 18.2 Å². The Morgan fingerprint density at radius 1 is 1.33 bits per heavy atom. The summed E-state index contributed by atoms with van der Waals surface area (Å²) in [4.78, 5) is 38.1. The molecule has 1 aliphatic rings. The minimum absolute atomic E-state index is 0.124. The molecule has 2 amide bonds. The molecule has 1 aliphatic heterocycles. The van der Waals surface area contributed by atoms with Gasteiger partial charge in [0.25, 0.3) is 0 Å². The molecule has 7 nitrogen and oxygen atoms in total. The van der Waals surface area contributed by atoms with E-state index in [9.17, 15) is 14.4 Å². The zero-order valence-electron chi connectivity index (χ0n) is 13.3. The number of ether oxygens (including phenoxy) is 1. The molecule has 0 saturated carbocycles. The Balaban J connectivity index is 2.90. The topological polar surface area (TPSA) is 87.2 Å². The quantitative estimate of drug-likeness (QED) is 0.845. The van der Waals surface area contributed by atoms with E-state index in [4.69, 9.17) is 9.84 Å². The molecule has 1 atom stereocenters. The average Bonchev–Trinajstić information content (AvgIpc) is 2.27. The SMILES string of the molecule is CC(C)[C@@H]1C(=O)N(CC(=O)O)CCN1C(=O)OC(C)(C)C. The van der Waals surface area contributed by atoms with Crippen molar-refractivity contribution in [1.29, 1.82) is 0 Å². The van der Waals surface area contributed by atoms with Crippen LogP contribution < -0.4 is 0 Å². The van der Waals surface area contributed by atoms with E-state index >= 15 is 0 Å². The lowest BCUT2D eigenvalue weighted by Gasteiger charge is -2.42. The number of carbonyl (C=O) groups is 3.